The lowest BCUT2D eigenvalue weighted by atomic mass is 9.78. The molecule has 0 saturated carbocycles. The van der Waals surface area contributed by atoms with Gasteiger partial charge in [0.15, 0.2) is 0 Å². The van der Waals surface area contributed by atoms with E-state index in [1.54, 1.807) is 7.11 Å². The molecule has 23 heavy (non-hydrogen) atoms. The Bertz CT molecular complexity index is 662. The van der Waals surface area contributed by atoms with Gasteiger partial charge in [-0.3, -0.25) is 0 Å². The van der Waals surface area contributed by atoms with Gasteiger partial charge in [0.25, 0.3) is 0 Å². The van der Waals surface area contributed by atoms with Crippen LogP contribution in [0.2, 0.25) is 0 Å². The van der Waals surface area contributed by atoms with E-state index < -0.39 is 0 Å². The summed E-state index contributed by atoms with van der Waals surface area (Å²) in [6, 6.07) is 4.04. The summed E-state index contributed by atoms with van der Waals surface area (Å²) in [4.78, 5) is 0. The Hall–Kier alpha value is -1.11. The van der Waals surface area contributed by atoms with E-state index >= 15 is 0 Å². The van der Waals surface area contributed by atoms with E-state index in [1.165, 1.54) is 23.4 Å². The van der Waals surface area contributed by atoms with Gasteiger partial charge in [0.1, 0.15) is 10.8 Å². The summed E-state index contributed by atoms with van der Waals surface area (Å²) in [7, 11) is 1.61. The molecule has 0 aliphatic heterocycles. The topological polar surface area (TPSA) is 55.2 Å². The van der Waals surface area contributed by atoms with Crippen LogP contribution in [0.25, 0.3) is 10.6 Å². The highest BCUT2D eigenvalue weighted by Crippen LogP contribution is 2.42. The third-order valence-corrected chi connectivity index (χ3v) is 5.15. The first-order valence-corrected chi connectivity index (χ1v) is 9.02. The third kappa shape index (κ3) is 4.05. The van der Waals surface area contributed by atoms with Crippen molar-refractivity contribution in [1.82, 2.24) is 10.2 Å². The second-order valence-electron chi connectivity index (χ2n) is 7.54. The van der Waals surface area contributed by atoms with Crippen molar-refractivity contribution in [2.45, 2.75) is 56.7 Å². The van der Waals surface area contributed by atoms with Gasteiger partial charge in [-0.25, -0.2) is 0 Å². The van der Waals surface area contributed by atoms with Crippen LogP contribution < -0.4 is 0 Å². The molecule has 1 N–H and O–H groups in total. The Morgan fingerprint density at radius 2 is 1.52 bits per heavy atom. The first-order chi connectivity index (χ1) is 10.5. The van der Waals surface area contributed by atoms with Crippen LogP contribution in [-0.4, -0.2) is 22.4 Å². The van der Waals surface area contributed by atoms with Crippen molar-refractivity contribution in [1.29, 1.82) is 0 Å². The highest BCUT2D eigenvalue weighted by atomic mass is 32.2. The Labute approximate surface area is 146 Å². The van der Waals surface area contributed by atoms with Crippen molar-refractivity contribution >= 4 is 23.4 Å². The molecular formula is C17H24N2O2S2. The van der Waals surface area contributed by atoms with E-state index in [0.717, 1.165) is 26.0 Å². The van der Waals surface area contributed by atoms with Crippen LogP contribution in [0.15, 0.2) is 16.5 Å². The first kappa shape index (κ1) is 18.2. The van der Waals surface area contributed by atoms with Crippen LogP contribution >= 0.6 is 23.4 Å². The van der Waals surface area contributed by atoms with Crippen LogP contribution in [0.5, 0.6) is 5.75 Å². The molecule has 1 heterocycles. The molecule has 0 atom stereocenters. The fourth-order valence-corrected chi connectivity index (χ4v) is 3.69. The maximum atomic E-state index is 10.8. The highest BCUT2D eigenvalue weighted by molar-refractivity contribution is 7.96. The summed E-state index contributed by atoms with van der Waals surface area (Å²) in [6.07, 6.45) is 0. The average molecular weight is 353 g/mol. The maximum Gasteiger partial charge on any atom is 0.201 e. The lowest BCUT2D eigenvalue weighted by molar-refractivity contribution is 0.423. The van der Waals surface area contributed by atoms with Crippen molar-refractivity contribution in [3.8, 4) is 16.3 Å². The molecule has 0 spiro atoms. The molecule has 0 aliphatic carbocycles. The van der Waals surface area contributed by atoms with E-state index in [9.17, 15) is 5.11 Å². The van der Waals surface area contributed by atoms with Crippen LogP contribution in [0.4, 0.5) is 0 Å². The van der Waals surface area contributed by atoms with Crippen LogP contribution in [-0.2, 0) is 15.0 Å². The van der Waals surface area contributed by atoms with Crippen LogP contribution in [0, 0.1) is 0 Å². The molecule has 4 nitrogen and oxygen atoms in total. The first-order valence-electron chi connectivity index (χ1n) is 7.46. The Morgan fingerprint density at radius 3 is 1.96 bits per heavy atom. The zero-order valence-corrected chi connectivity index (χ0v) is 16.4. The zero-order chi connectivity index (χ0) is 17.4. The second kappa shape index (κ2) is 6.42. The van der Waals surface area contributed by atoms with Gasteiger partial charge in [-0.05, 0) is 23.0 Å². The molecule has 0 radical (unpaired) electrons. The molecule has 0 aliphatic rings. The zero-order valence-electron chi connectivity index (χ0n) is 14.7. The quantitative estimate of drug-likeness (QED) is 0.773. The predicted octanol–water partition coefficient (Wildman–Crippen LogP) is 5.16. The molecule has 0 amide bonds. The van der Waals surface area contributed by atoms with Gasteiger partial charge < -0.3 is 9.29 Å². The molecule has 2 aromatic rings. The second-order valence-corrected chi connectivity index (χ2v) is 9.67. The minimum absolute atomic E-state index is 0.158. The fraction of sp³-hybridized carbons (Fsp3) is 0.529. The smallest absolute Gasteiger partial charge is 0.201 e. The van der Waals surface area contributed by atoms with Crippen molar-refractivity contribution in [3.63, 3.8) is 0 Å². The minimum atomic E-state index is -0.158. The molecule has 6 heteroatoms. The van der Waals surface area contributed by atoms with Gasteiger partial charge in [-0.1, -0.05) is 52.9 Å². The van der Waals surface area contributed by atoms with E-state index in [0.29, 0.717) is 5.75 Å². The number of nitrogens with zero attached hydrogens (tertiary/aromatic N) is 2. The summed E-state index contributed by atoms with van der Waals surface area (Å²) < 4.78 is 5.81. The number of aromatic hydroxyl groups is 1. The van der Waals surface area contributed by atoms with Gasteiger partial charge >= 0.3 is 0 Å². The number of hydrogen-bond donors (Lipinski definition) is 1. The molecule has 0 unspecified atom stereocenters. The summed E-state index contributed by atoms with van der Waals surface area (Å²) in [5, 5.41) is 20.0. The Kier molecular flexibility index (Phi) is 5.09. The standard InChI is InChI=1S/C17H24N2O2S2/c1-16(2,3)11-8-10(9-12(13(11)20)17(4,5)6)14-18-19-15(22-14)23-21-7/h8-9,20H,1-7H3. The molecule has 0 saturated heterocycles. The largest absolute Gasteiger partial charge is 0.507 e. The predicted molar refractivity (Wildman–Crippen MR) is 97.3 cm³/mol. The molecule has 2 rings (SSSR count). The lowest BCUT2D eigenvalue weighted by Crippen LogP contribution is -2.17. The summed E-state index contributed by atoms with van der Waals surface area (Å²) in [6.45, 7) is 12.6. The van der Waals surface area contributed by atoms with Crippen molar-refractivity contribution in [2.75, 3.05) is 7.11 Å². The van der Waals surface area contributed by atoms with E-state index in [4.69, 9.17) is 4.18 Å². The van der Waals surface area contributed by atoms with Gasteiger partial charge in [-0.2, -0.15) is 0 Å². The molecule has 0 fully saturated rings. The monoisotopic (exact) mass is 352 g/mol. The van der Waals surface area contributed by atoms with Crippen molar-refractivity contribution < 1.29 is 9.29 Å². The molecule has 1 aromatic carbocycles. The normalized spacial score (nSPS) is 12.7. The molecule has 126 valence electrons. The number of aromatic nitrogens is 2. The van der Waals surface area contributed by atoms with Gasteiger partial charge in [0.2, 0.25) is 4.34 Å². The maximum absolute atomic E-state index is 10.8. The van der Waals surface area contributed by atoms with Gasteiger partial charge in [0.05, 0.1) is 19.2 Å². The van der Waals surface area contributed by atoms with E-state index in [-0.39, 0.29) is 10.8 Å². The SMILES string of the molecule is COSc1nnc(-c2cc(C(C)(C)C)c(O)c(C(C)(C)C)c2)s1. The minimum Gasteiger partial charge on any atom is -0.507 e. The van der Waals surface area contributed by atoms with Crippen LogP contribution in [0.1, 0.15) is 52.7 Å². The highest BCUT2D eigenvalue weighted by Gasteiger charge is 2.27. The third-order valence-electron chi connectivity index (χ3n) is 3.53. The number of phenols is 1. The number of phenolic OH excluding ortho intramolecular Hbond substituents is 1. The summed E-state index contributed by atoms with van der Waals surface area (Å²) >= 11 is 2.70. The van der Waals surface area contributed by atoms with Crippen molar-refractivity contribution in [3.05, 3.63) is 23.3 Å². The van der Waals surface area contributed by atoms with Crippen LogP contribution in [0.3, 0.4) is 0 Å². The summed E-state index contributed by atoms with van der Waals surface area (Å²) in [5.74, 6) is 0.379. The average Bonchev–Trinajstić information content (AvgIpc) is 2.85. The molecule has 1 aromatic heterocycles. The van der Waals surface area contributed by atoms with E-state index in [1.807, 2.05) is 12.1 Å². The van der Waals surface area contributed by atoms with Gasteiger partial charge in [0, 0.05) is 16.7 Å². The fourth-order valence-electron chi connectivity index (χ4n) is 2.33. The lowest BCUT2D eigenvalue weighted by Gasteiger charge is -2.27. The van der Waals surface area contributed by atoms with Crippen molar-refractivity contribution in [2.24, 2.45) is 0 Å². The molecular weight excluding hydrogens is 328 g/mol. The number of rotatable bonds is 3. The Balaban J connectivity index is 2.64. The molecule has 0 bridgehead atoms. The summed E-state index contributed by atoms with van der Waals surface area (Å²) in [5.41, 5.74) is 2.52. The number of hydrogen-bond acceptors (Lipinski definition) is 6. The van der Waals surface area contributed by atoms with Gasteiger partial charge in [-0.15, -0.1) is 10.2 Å². The Morgan fingerprint density at radius 1 is 1.00 bits per heavy atom. The number of benzene rings is 1. The van der Waals surface area contributed by atoms with E-state index in [2.05, 4.69) is 51.7 Å².